The van der Waals surface area contributed by atoms with Crippen molar-refractivity contribution in [1.29, 1.82) is 0 Å². The topological polar surface area (TPSA) is 94.2 Å². The van der Waals surface area contributed by atoms with E-state index in [1.54, 1.807) is 12.0 Å². The molecule has 2 fully saturated rings. The minimum absolute atomic E-state index is 0.00546. The van der Waals surface area contributed by atoms with Crippen molar-refractivity contribution in [1.82, 2.24) is 20.4 Å². The Kier molecular flexibility index (Phi) is 6.79. The number of amides is 4. The van der Waals surface area contributed by atoms with Crippen molar-refractivity contribution in [2.45, 2.75) is 19.4 Å². The maximum Gasteiger partial charge on any atom is 0.318 e. The van der Waals surface area contributed by atoms with E-state index < -0.39 is 6.04 Å². The Morgan fingerprint density at radius 3 is 2.45 bits per heavy atom. The van der Waals surface area contributed by atoms with E-state index in [0.717, 1.165) is 24.5 Å². The Balaban J connectivity index is 1.56. The van der Waals surface area contributed by atoms with E-state index in [1.807, 2.05) is 31.2 Å². The summed E-state index contributed by atoms with van der Waals surface area (Å²) in [4.78, 5) is 42.8. The van der Waals surface area contributed by atoms with Crippen molar-refractivity contribution in [2.24, 2.45) is 0 Å². The van der Waals surface area contributed by atoms with Gasteiger partial charge in [0.25, 0.3) is 0 Å². The summed E-state index contributed by atoms with van der Waals surface area (Å²) in [5, 5.41) is 5.47. The number of carbonyl (C=O) groups excluding carboxylic acids is 3. The summed E-state index contributed by atoms with van der Waals surface area (Å²) in [6.45, 7) is 5.71. The van der Waals surface area contributed by atoms with Crippen LogP contribution in [0.25, 0.3) is 0 Å². The van der Waals surface area contributed by atoms with Crippen LogP contribution in [0.3, 0.4) is 0 Å². The number of rotatable bonds is 5. The number of methoxy groups -OCH3 is 1. The molecule has 0 bridgehead atoms. The number of nitrogens with one attached hydrogen (secondary N) is 2. The molecule has 0 unspecified atom stereocenters. The maximum atomic E-state index is 12.8. The highest BCUT2D eigenvalue weighted by Crippen LogP contribution is 2.21. The molecule has 0 aliphatic carbocycles. The van der Waals surface area contributed by atoms with Gasteiger partial charge in [-0.15, -0.1) is 0 Å². The van der Waals surface area contributed by atoms with Gasteiger partial charge in [0.1, 0.15) is 11.8 Å². The second-order valence-electron chi connectivity index (χ2n) is 7.11. The van der Waals surface area contributed by atoms with Crippen LogP contribution in [-0.2, 0) is 9.59 Å². The fourth-order valence-corrected chi connectivity index (χ4v) is 3.72. The van der Waals surface area contributed by atoms with E-state index in [9.17, 15) is 14.4 Å². The van der Waals surface area contributed by atoms with E-state index >= 15 is 0 Å². The predicted octanol–water partition coefficient (Wildman–Crippen LogP) is 0.264. The Labute approximate surface area is 171 Å². The molecular weight excluding hydrogens is 374 g/mol. The standard InChI is InChI=1S/C20H29N5O4/c1-3-21-20(28)25-9-8-22-19(27)17(25)14-18(26)24-12-10-23(11-13-24)15-4-6-16(29-2)7-5-15/h4-7,17H,3,8-14H2,1-2H3,(H,21,28)(H,22,27)/t17-/m0/s1. The van der Waals surface area contributed by atoms with Crippen LogP contribution in [0.1, 0.15) is 13.3 Å². The number of ether oxygens (including phenoxy) is 1. The van der Waals surface area contributed by atoms with Crippen LogP contribution in [0.4, 0.5) is 10.5 Å². The summed E-state index contributed by atoms with van der Waals surface area (Å²) in [7, 11) is 1.64. The van der Waals surface area contributed by atoms with Gasteiger partial charge in [-0.25, -0.2) is 4.79 Å². The van der Waals surface area contributed by atoms with Gasteiger partial charge >= 0.3 is 6.03 Å². The van der Waals surface area contributed by atoms with Crippen LogP contribution < -0.4 is 20.3 Å². The highest BCUT2D eigenvalue weighted by molar-refractivity contribution is 5.92. The van der Waals surface area contributed by atoms with E-state index in [0.29, 0.717) is 32.7 Å². The van der Waals surface area contributed by atoms with Gasteiger partial charge in [-0.1, -0.05) is 0 Å². The molecule has 1 atom stereocenters. The molecule has 0 spiro atoms. The molecule has 29 heavy (non-hydrogen) atoms. The van der Waals surface area contributed by atoms with Gasteiger partial charge in [-0.3, -0.25) is 9.59 Å². The lowest BCUT2D eigenvalue weighted by molar-refractivity contribution is -0.137. The Bertz CT molecular complexity index is 731. The van der Waals surface area contributed by atoms with Gasteiger partial charge < -0.3 is 30.1 Å². The Morgan fingerprint density at radius 2 is 1.83 bits per heavy atom. The molecule has 2 heterocycles. The van der Waals surface area contributed by atoms with E-state index in [1.165, 1.54) is 4.90 Å². The number of nitrogens with zero attached hydrogens (tertiary/aromatic N) is 3. The number of urea groups is 1. The molecular formula is C20H29N5O4. The molecule has 1 aromatic rings. The summed E-state index contributed by atoms with van der Waals surface area (Å²) in [6, 6.07) is 6.79. The molecule has 158 valence electrons. The number of hydrogen-bond acceptors (Lipinski definition) is 5. The first-order valence-corrected chi connectivity index (χ1v) is 10.0. The highest BCUT2D eigenvalue weighted by atomic mass is 16.5. The number of piperazine rings is 2. The number of hydrogen-bond donors (Lipinski definition) is 2. The predicted molar refractivity (Wildman–Crippen MR) is 109 cm³/mol. The van der Waals surface area contributed by atoms with Crippen LogP contribution in [-0.4, -0.2) is 86.6 Å². The lowest BCUT2D eigenvalue weighted by Crippen LogP contribution is -2.61. The summed E-state index contributed by atoms with van der Waals surface area (Å²) in [6.07, 6.45) is 0.00546. The summed E-state index contributed by atoms with van der Waals surface area (Å²) >= 11 is 0. The Hall–Kier alpha value is -2.97. The third-order valence-corrected chi connectivity index (χ3v) is 5.36. The quantitative estimate of drug-likeness (QED) is 0.736. The first-order valence-electron chi connectivity index (χ1n) is 10.0. The number of benzene rings is 1. The van der Waals surface area contributed by atoms with Crippen molar-refractivity contribution in [3.63, 3.8) is 0 Å². The normalized spacial score (nSPS) is 19.6. The third-order valence-electron chi connectivity index (χ3n) is 5.36. The zero-order chi connectivity index (χ0) is 20.8. The monoisotopic (exact) mass is 403 g/mol. The van der Waals surface area contributed by atoms with Gasteiger partial charge in [0, 0.05) is 51.5 Å². The van der Waals surface area contributed by atoms with Crippen molar-refractivity contribution in [3.05, 3.63) is 24.3 Å². The zero-order valence-corrected chi connectivity index (χ0v) is 17.0. The van der Waals surface area contributed by atoms with Crippen LogP contribution in [0.2, 0.25) is 0 Å². The molecule has 9 nitrogen and oxygen atoms in total. The van der Waals surface area contributed by atoms with Crippen molar-refractivity contribution < 1.29 is 19.1 Å². The largest absolute Gasteiger partial charge is 0.497 e. The van der Waals surface area contributed by atoms with E-state index in [2.05, 4.69) is 15.5 Å². The van der Waals surface area contributed by atoms with Gasteiger partial charge in [0.15, 0.2) is 0 Å². The SMILES string of the molecule is CCNC(=O)N1CCNC(=O)[C@@H]1CC(=O)N1CCN(c2ccc(OC)cc2)CC1. The molecule has 3 rings (SSSR count). The molecule has 2 aliphatic heterocycles. The second-order valence-corrected chi connectivity index (χ2v) is 7.11. The average molecular weight is 403 g/mol. The zero-order valence-electron chi connectivity index (χ0n) is 17.0. The molecule has 2 saturated heterocycles. The van der Waals surface area contributed by atoms with Crippen LogP contribution >= 0.6 is 0 Å². The minimum atomic E-state index is -0.762. The van der Waals surface area contributed by atoms with Crippen molar-refractivity contribution in [2.75, 3.05) is 57.8 Å². The van der Waals surface area contributed by atoms with Crippen LogP contribution in [0.15, 0.2) is 24.3 Å². The Morgan fingerprint density at radius 1 is 1.14 bits per heavy atom. The molecule has 9 heteroatoms. The highest BCUT2D eigenvalue weighted by Gasteiger charge is 2.36. The molecule has 0 radical (unpaired) electrons. The minimum Gasteiger partial charge on any atom is -0.497 e. The molecule has 2 N–H and O–H groups in total. The fraction of sp³-hybridized carbons (Fsp3) is 0.550. The average Bonchev–Trinajstić information content (AvgIpc) is 2.75. The van der Waals surface area contributed by atoms with Crippen LogP contribution in [0, 0.1) is 0 Å². The lowest BCUT2D eigenvalue weighted by atomic mass is 10.1. The van der Waals surface area contributed by atoms with Gasteiger partial charge in [0.2, 0.25) is 11.8 Å². The summed E-state index contributed by atoms with van der Waals surface area (Å²) in [5.74, 6) is 0.438. The molecule has 4 amide bonds. The first-order chi connectivity index (χ1) is 14.0. The smallest absolute Gasteiger partial charge is 0.318 e. The molecule has 0 aromatic heterocycles. The lowest BCUT2D eigenvalue weighted by Gasteiger charge is -2.38. The van der Waals surface area contributed by atoms with Gasteiger partial charge in [0.05, 0.1) is 13.5 Å². The number of anilines is 1. The molecule has 0 saturated carbocycles. The van der Waals surface area contributed by atoms with Gasteiger partial charge in [-0.2, -0.15) is 0 Å². The first kappa shape index (κ1) is 20.8. The molecule has 1 aromatic carbocycles. The van der Waals surface area contributed by atoms with Crippen molar-refractivity contribution in [3.8, 4) is 5.75 Å². The van der Waals surface area contributed by atoms with Crippen LogP contribution in [0.5, 0.6) is 5.75 Å². The van der Waals surface area contributed by atoms with Gasteiger partial charge in [-0.05, 0) is 31.2 Å². The fourth-order valence-electron chi connectivity index (χ4n) is 3.72. The van der Waals surface area contributed by atoms with Crippen molar-refractivity contribution >= 4 is 23.5 Å². The van der Waals surface area contributed by atoms with E-state index in [-0.39, 0.29) is 24.3 Å². The summed E-state index contributed by atoms with van der Waals surface area (Å²) in [5.41, 5.74) is 1.09. The second kappa shape index (κ2) is 9.49. The maximum absolute atomic E-state index is 12.8. The summed E-state index contributed by atoms with van der Waals surface area (Å²) < 4.78 is 5.19. The molecule has 2 aliphatic rings. The van der Waals surface area contributed by atoms with E-state index in [4.69, 9.17) is 4.74 Å². The number of carbonyl (C=O) groups is 3. The third kappa shape index (κ3) is 4.90.